The van der Waals surface area contributed by atoms with Crippen molar-refractivity contribution < 1.29 is 41.3 Å². The number of para-hydroxylation sites is 7. The molecule has 0 atom stereocenters. The van der Waals surface area contributed by atoms with Crippen LogP contribution in [0.3, 0.4) is 0 Å². The molecule has 9 aromatic carbocycles. The quantitative estimate of drug-likeness (QED) is 0.118. The molecule has 5 aromatic heterocycles. The van der Waals surface area contributed by atoms with Gasteiger partial charge in [0.1, 0.15) is 5.82 Å². The van der Waals surface area contributed by atoms with Crippen LogP contribution in [-0.2, 0) is 21.1 Å². The summed E-state index contributed by atoms with van der Waals surface area (Å²) in [7, 11) is 0. The van der Waals surface area contributed by atoms with Crippen molar-refractivity contribution in [2.24, 2.45) is 0 Å². The molecule has 0 N–H and O–H groups in total. The van der Waals surface area contributed by atoms with Crippen LogP contribution in [0.2, 0.25) is 0 Å². The van der Waals surface area contributed by atoms with Crippen LogP contribution in [-0.4, -0.2) is 23.3 Å². The largest absolute Gasteiger partial charge is 0.510 e. The summed E-state index contributed by atoms with van der Waals surface area (Å²) in [6.07, 6.45) is 2.96. The predicted octanol–water partition coefficient (Wildman–Crippen LogP) is 14.4. The van der Waals surface area contributed by atoms with Crippen molar-refractivity contribution >= 4 is 76.5 Å². The summed E-state index contributed by atoms with van der Waals surface area (Å²) in [5.41, 5.74) is 9.02. The van der Waals surface area contributed by atoms with Crippen LogP contribution in [0.15, 0.2) is 206 Å². The molecule has 0 bridgehead atoms. The molecule has 14 rings (SSSR count). The minimum atomic E-state index is -3.03. The minimum absolute atomic E-state index is 0. The van der Waals surface area contributed by atoms with Crippen LogP contribution in [0.25, 0.3) is 105 Å². The Balaban J connectivity index is 0.00000579. The zero-order chi connectivity index (χ0) is 52.5. The number of imidazole rings is 1. The minimum Gasteiger partial charge on any atom is -0.510 e. The Morgan fingerprint density at radius 1 is 0.500 bits per heavy atom. The first-order valence-corrected chi connectivity index (χ1v) is 22.6. The van der Waals surface area contributed by atoms with Crippen molar-refractivity contribution in [3.63, 3.8) is 0 Å². The number of hydrogen-bond acceptors (Lipinski definition) is 2. The summed E-state index contributed by atoms with van der Waals surface area (Å²) in [6.45, 7) is -6.02. The molecule has 0 aliphatic heterocycles. The number of aromatic nitrogens is 6. The SMILES string of the molecule is [2H]c1nc(-n2c3[c-]c(Oc4[c-]c(-n5[c-][n+](-c6cc(-n7c8ccccc8c8ccccc87)cc(-n7c8ccccc8c8ccccc87)c6)c6ccccc65)ccc4)ccc3c3ccccc32)c([2H])c(C([2H])([2H])[2H])c1C([2H])([2H])[2H].[Pt]. The van der Waals surface area contributed by atoms with Crippen LogP contribution in [0.4, 0.5) is 0 Å². The Kier molecular flexibility index (Phi) is 7.90. The van der Waals surface area contributed by atoms with E-state index in [0.717, 1.165) is 77.1 Å². The van der Waals surface area contributed by atoms with Crippen molar-refractivity contribution in [1.82, 2.24) is 23.3 Å². The van der Waals surface area contributed by atoms with E-state index >= 15 is 0 Å². The fraction of sp³-hybridized carbons (Fsp3) is 0.0323. The Morgan fingerprint density at radius 3 is 1.60 bits per heavy atom. The van der Waals surface area contributed by atoms with Crippen molar-refractivity contribution in [3.05, 3.63) is 236 Å². The third kappa shape index (κ3) is 6.46. The number of pyridine rings is 1. The molecule has 0 fully saturated rings. The van der Waals surface area contributed by atoms with Gasteiger partial charge in [-0.2, -0.15) is 18.2 Å². The number of hydrogen-bond donors (Lipinski definition) is 0. The van der Waals surface area contributed by atoms with Gasteiger partial charge in [0, 0.05) is 85.4 Å². The second kappa shape index (κ2) is 16.3. The average molecular weight is 1090 g/mol. The van der Waals surface area contributed by atoms with Crippen LogP contribution in [0, 0.1) is 32.2 Å². The summed E-state index contributed by atoms with van der Waals surface area (Å²) in [5, 5.41) is 6.08. The Morgan fingerprint density at radius 2 is 1.01 bits per heavy atom. The first kappa shape index (κ1) is 33.9. The van der Waals surface area contributed by atoms with Crippen LogP contribution < -0.4 is 9.30 Å². The first-order chi connectivity index (χ1) is 37.3. The summed E-state index contributed by atoms with van der Waals surface area (Å²) in [5.74, 6) is 0.423. The average Bonchev–Trinajstić information content (AvgIpc) is 4.37. The topological polar surface area (TPSA) is 45.7 Å². The van der Waals surface area contributed by atoms with Gasteiger partial charge in [0.2, 0.25) is 0 Å². The van der Waals surface area contributed by atoms with Gasteiger partial charge in [0.05, 0.1) is 41.5 Å². The van der Waals surface area contributed by atoms with E-state index in [-0.39, 0.29) is 32.6 Å². The van der Waals surface area contributed by atoms with Gasteiger partial charge in [-0.25, -0.2) is 4.98 Å². The molecule has 70 heavy (non-hydrogen) atoms. The molecule has 0 aliphatic carbocycles. The zero-order valence-corrected chi connectivity index (χ0v) is 39.2. The number of rotatable bonds is 7. The van der Waals surface area contributed by atoms with Crippen molar-refractivity contribution in [2.75, 3.05) is 0 Å². The van der Waals surface area contributed by atoms with E-state index < -0.39 is 37.0 Å². The second-order valence-corrected chi connectivity index (χ2v) is 17.1. The Hall–Kier alpha value is -8.51. The molecule has 0 spiro atoms. The van der Waals surface area contributed by atoms with Gasteiger partial charge in [-0.05, 0) is 90.5 Å². The predicted molar refractivity (Wildman–Crippen MR) is 278 cm³/mol. The van der Waals surface area contributed by atoms with E-state index in [1.807, 2.05) is 53.1 Å². The van der Waals surface area contributed by atoms with Crippen molar-refractivity contribution in [2.45, 2.75) is 13.7 Å². The third-order valence-electron chi connectivity index (χ3n) is 13.1. The molecule has 0 aliphatic rings. The maximum atomic E-state index is 9.17. The molecule has 8 heteroatoms. The van der Waals surface area contributed by atoms with Crippen LogP contribution in [0.1, 0.15) is 22.1 Å². The van der Waals surface area contributed by atoms with Gasteiger partial charge >= 0.3 is 0 Å². The monoisotopic (exact) mass is 1090 g/mol. The van der Waals surface area contributed by atoms with E-state index in [2.05, 4.69) is 158 Å². The van der Waals surface area contributed by atoms with E-state index in [9.17, 15) is 0 Å². The zero-order valence-electron chi connectivity index (χ0n) is 44.9. The molecule has 7 nitrogen and oxygen atoms in total. The second-order valence-electron chi connectivity index (χ2n) is 17.1. The molecule has 0 amide bonds. The maximum Gasteiger partial charge on any atom is 0.268 e. The molecular formula is C62H40N6OPt-2. The fourth-order valence-electron chi connectivity index (χ4n) is 10.2. The first-order valence-electron chi connectivity index (χ1n) is 26.6. The van der Waals surface area contributed by atoms with Crippen molar-refractivity contribution in [3.8, 4) is 40.1 Å². The molecule has 0 unspecified atom stereocenters. The van der Waals surface area contributed by atoms with Crippen molar-refractivity contribution in [1.29, 1.82) is 0 Å². The van der Waals surface area contributed by atoms with E-state index in [1.165, 1.54) is 0 Å². The summed E-state index contributed by atoms with van der Waals surface area (Å²) in [4.78, 5) is 4.30. The van der Waals surface area contributed by atoms with E-state index in [4.69, 9.17) is 15.7 Å². The standard InChI is InChI=1S/C62H40N6O.Pt/c1-40-32-62(63-38-41(40)2)68-58-27-12-7-22-52(58)53-31-30-47(37-61(53)68)69-46-17-15-16-42(36-46)64-39-65(60-29-14-13-28-59(60)64)43-33-44(66-54-23-8-3-18-48(54)49-19-4-9-24-55(49)66)35-45(34-43)67-56-25-10-5-20-50(56)51-21-6-11-26-57(51)67;/h3-35,38H,1-2H3;/q-2;/i1D3,2D3,32D,38D;. The molecule has 5 heterocycles. The summed E-state index contributed by atoms with van der Waals surface area (Å²) in [6, 6.07) is 71.6. The van der Waals surface area contributed by atoms with Gasteiger partial charge in [0.25, 0.3) is 6.33 Å². The number of fused-ring (bicyclic) bond motifs is 10. The third-order valence-corrected chi connectivity index (χ3v) is 13.1. The van der Waals surface area contributed by atoms with Crippen LogP contribution in [0.5, 0.6) is 11.5 Å². The van der Waals surface area contributed by atoms with Gasteiger partial charge in [-0.1, -0.05) is 121 Å². The molecule has 0 radical (unpaired) electrons. The molecule has 0 saturated heterocycles. The molecule has 14 aromatic rings. The number of ether oxygens (including phenoxy) is 1. The Bertz CT molecular complexity index is 4520. The molecule has 0 saturated carbocycles. The van der Waals surface area contributed by atoms with E-state index in [1.54, 1.807) is 28.8 Å². The normalized spacial score (nSPS) is 13.8. The smallest absolute Gasteiger partial charge is 0.268 e. The summed E-state index contributed by atoms with van der Waals surface area (Å²) < 4.78 is 83.8. The van der Waals surface area contributed by atoms with Gasteiger partial charge in [-0.15, -0.1) is 29.7 Å². The Labute approximate surface area is 428 Å². The number of benzene rings is 9. The maximum absolute atomic E-state index is 9.17. The molecule has 336 valence electrons. The van der Waals surface area contributed by atoms with Gasteiger partial charge in [-0.3, -0.25) is 4.57 Å². The van der Waals surface area contributed by atoms with Crippen LogP contribution >= 0.6 is 0 Å². The summed E-state index contributed by atoms with van der Waals surface area (Å²) >= 11 is 0. The molecular weight excluding hydrogens is 1040 g/mol. The number of nitrogens with zero attached hydrogens (tertiary/aromatic N) is 6. The van der Waals surface area contributed by atoms with Gasteiger partial charge in [0.15, 0.2) is 0 Å². The fourth-order valence-corrected chi connectivity index (χ4v) is 10.2. The van der Waals surface area contributed by atoms with Gasteiger partial charge < -0.3 is 23.0 Å². The van der Waals surface area contributed by atoms with E-state index in [0.29, 0.717) is 27.9 Å².